The number of halogens is 2. The summed E-state index contributed by atoms with van der Waals surface area (Å²) >= 11 is 7.01. The highest BCUT2D eigenvalue weighted by Crippen LogP contribution is 2.30. The average Bonchev–Trinajstić information content (AvgIpc) is 2.69. The van der Waals surface area contributed by atoms with E-state index >= 15 is 0 Å². The quantitative estimate of drug-likeness (QED) is 0.470. The van der Waals surface area contributed by atoms with Crippen LogP contribution in [0.25, 0.3) is 11.3 Å². The van der Waals surface area contributed by atoms with Gasteiger partial charge in [-0.05, 0) is 70.9 Å². The molecule has 2 unspecified atom stereocenters. The summed E-state index contributed by atoms with van der Waals surface area (Å²) in [5.41, 5.74) is 2.97. The monoisotopic (exact) mass is 493 g/mol. The highest BCUT2D eigenvalue weighted by Gasteiger charge is 2.15. The third-order valence-electron chi connectivity index (χ3n) is 4.10. The van der Waals surface area contributed by atoms with E-state index in [-0.39, 0.29) is 5.91 Å². The fourth-order valence-electron chi connectivity index (χ4n) is 2.66. The van der Waals surface area contributed by atoms with Gasteiger partial charge in [-0.2, -0.15) is 0 Å². The first kappa shape index (κ1) is 21.6. The number of benzene rings is 2. The lowest BCUT2D eigenvalue weighted by Crippen LogP contribution is -2.13. The molecule has 29 heavy (non-hydrogen) atoms. The van der Waals surface area contributed by atoms with Crippen LogP contribution in [0, 0.1) is 0 Å². The zero-order chi connectivity index (χ0) is 21.0. The van der Waals surface area contributed by atoms with Gasteiger partial charge in [0.05, 0.1) is 33.7 Å². The van der Waals surface area contributed by atoms with E-state index < -0.39 is 17.5 Å². The summed E-state index contributed by atoms with van der Waals surface area (Å²) in [5.74, 6) is -0.335. The highest BCUT2D eigenvalue weighted by molar-refractivity contribution is 9.10. The second kappa shape index (κ2) is 9.60. The maximum atomic E-state index is 12.7. The third-order valence-corrected chi connectivity index (χ3v) is 5.53. The van der Waals surface area contributed by atoms with E-state index in [9.17, 15) is 13.6 Å². The number of anilines is 1. The standard InChI is InChI=1S/C20H16BrClN2O4S/c1-12(28-29(26)27)13-5-7-15(17(21)10-13)20(25)24-14-6-8-18(22)16(11-14)19-4-2-3-9-23-19/h2-12H,1H3,(H,24,25)(H,26,27)/p-1. The zero-order valence-corrected chi connectivity index (χ0v) is 18.3. The Morgan fingerprint density at radius 1 is 1.24 bits per heavy atom. The van der Waals surface area contributed by atoms with Crippen molar-refractivity contribution in [1.29, 1.82) is 0 Å². The van der Waals surface area contributed by atoms with Gasteiger partial charge in [0.1, 0.15) is 0 Å². The number of carbonyl (C=O) groups is 1. The number of hydrogen-bond donors (Lipinski definition) is 1. The molecule has 1 heterocycles. The molecule has 0 aliphatic rings. The van der Waals surface area contributed by atoms with Crippen LogP contribution in [-0.2, 0) is 15.5 Å². The van der Waals surface area contributed by atoms with E-state index in [1.54, 1.807) is 49.5 Å². The minimum atomic E-state index is -2.62. The summed E-state index contributed by atoms with van der Waals surface area (Å²) in [6, 6.07) is 15.5. The van der Waals surface area contributed by atoms with Crippen molar-refractivity contribution >= 4 is 50.5 Å². The molecule has 9 heteroatoms. The van der Waals surface area contributed by atoms with E-state index in [4.69, 9.17) is 15.8 Å². The molecular weight excluding hydrogens is 480 g/mol. The first-order chi connectivity index (χ1) is 13.8. The molecule has 2 aromatic carbocycles. The minimum Gasteiger partial charge on any atom is -0.750 e. The smallest absolute Gasteiger partial charge is 0.256 e. The maximum Gasteiger partial charge on any atom is 0.256 e. The van der Waals surface area contributed by atoms with Crippen molar-refractivity contribution in [3.63, 3.8) is 0 Å². The summed E-state index contributed by atoms with van der Waals surface area (Å²) < 4.78 is 26.6. The molecule has 0 aliphatic carbocycles. The number of aromatic nitrogens is 1. The summed E-state index contributed by atoms with van der Waals surface area (Å²) in [4.78, 5) is 17.0. The lowest BCUT2D eigenvalue weighted by Gasteiger charge is -2.16. The van der Waals surface area contributed by atoms with Gasteiger partial charge in [-0.25, -0.2) is 4.21 Å². The molecule has 1 N–H and O–H groups in total. The van der Waals surface area contributed by atoms with Crippen molar-refractivity contribution in [1.82, 2.24) is 4.98 Å². The molecule has 0 spiro atoms. The Bertz CT molecular complexity index is 1070. The molecule has 1 amide bonds. The van der Waals surface area contributed by atoms with Crippen molar-refractivity contribution < 1.29 is 17.7 Å². The molecule has 1 aromatic heterocycles. The Labute approximate surface area is 183 Å². The number of amides is 1. The largest absolute Gasteiger partial charge is 0.750 e. The van der Waals surface area contributed by atoms with Crippen LogP contribution in [-0.4, -0.2) is 19.7 Å². The maximum absolute atomic E-state index is 12.7. The fourth-order valence-corrected chi connectivity index (χ4v) is 3.80. The van der Waals surface area contributed by atoms with Crippen molar-refractivity contribution in [2.75, 3.05) is 5.32 Å². The molecule has 2 atom stereocenters. The number of nitrogens with zero attached hydrogens (tertiary/aromatic N) is 1. The van der Waals surface area contributed by atoms with Crippen LogP contribution >= 0.6 is 27.5 Å². The number of carbonyl (C=O) groups excluding carboxylic acids is 1. The highest BCUT2D eigenvalue weighted by atomic mass is 79.9. The van der Waals surface area contributed by atoms with Crippen molar-refractivity contribution in [2.24, 2.45) is 0 Å². The molecule has 3 aromatic rings. The van der Waals surface area contributed by atoms with Gasteiger partial charge in [-0.1, -0.05) is 23.7 Å². The molecule has 6 nitrogen and oxygen atoms in total. The van der Waals surface area contributed by atoms with Crippen LogP contribution < -0.4 is 5.32 Å². The second-order valence-corrected chi connectivity index (χ2v) is 7.91. The number of pyridine rings is 1. The van der Waals surface area contributed by atoms with Crippen LogP contribution in [0.3, 0.4) is 0 Å². The van der Waals surface area contributed by atoms with Crippen molar-refractivity contribution in [3.05, 3.63) is 81.4 Å². The van der Waals surface area contributed by atoms with E-state index in [2.05, 4.69) is 26.2 Å². The van der Waals surface area contributed by atoms with Crippen LogP contribution in [0.2, 0.25) is 5.02 Å². The normalized spacial score (nSPS) is 13.0. The number of rotatable bonds is 6. The van der Waals surface area contributed by atoms with Gasteiger partial charge in [-0.15, -0.1) is 0 Å². The van der Waals surface area contributed by atoms with E-state index in [0.29, 0.717) is 37.6 Å². The first-order valence-electron chi connectivity index (χ1n) is 8.43. The van der Waals surface area contributed by atoms with Gasteiger partial charge >= 0.3 is 0 Å². The van der Waals surface area contributed by atoms with E-state index in [0.717, 1.165) is 0 Å². The molecule has 0 bridgehead atoms. The summed E-state index contributed by atoms with van der Waals surface area (Å²) in [6.45, 7) is 1.60. The second-order valence-electron chi connectivity index (χ2n) is 6.05. The Kier molecular flexibility index (Phi) is 7.15. The topological polar surface area (TPSA) is 91.4 Å². The molecule has 0 saturated carbocycles. The minimum absolute atomic E-state index is 0.335. The lowest BCUT2D eigenvalue weighted by molar-refractivity contribution is 0.102. The molecular formula is C20H15BrClN2O4S-. The SMILES string of the molecule is CC(OS(=O)[O-])c1ccc(C(=O)Nc2ccc(Cl)c(-c3ccccn3)c2)c(Br)c1. The van der Waals surface area contributed by atoms with Crippen LogP contribution in [0.5, 0.6) is 0 Å². The molecule has 150 valence electrons. The number of hydrogen-bond acceptors (Lipinski definition) is 5. The summed E-state index contributed by atoms with van der Waals surface area (Å²) in [7, 11) is 0. The molecule has 0 aliphatic heterocycles. The third kappa shape index (κ3) is 5.49. The summed E-state index contributed by atoms with van der Waals surface area (Å²) in [6.07, 6.45) is 1.00. The Balaban J connectivity index is 1.81. The number of nitrogens with one attached hydrogen (secondary N) is 1. The predicted molar refractivity (Wildman–Crippen MR) is 115 cm³/mol. The van der Waals surface area contributed by atoms with E-state index in [1.807, 2.05) is 18.2 Å². The molecule has 3 rings (SSSR count). The van der Waals surface area contributed by atoms with Gasteiger partial charge in [0.25, 0.3) is 5.91 Å². The summed E-state index contributed by atoms with van der Waals surface area (Å²) in [5, 5.41) is 3.36. The van der Waals surface area contributed by atoms with E-state index in [1.165, 1.54) is 0 Å². The Morgan fingerprint density at radius 3 is 2.69 bits per heavy atom. The van der Waals surface area contributed by atoms with Crippen LogP contribution in [0.4, 0.5) is 5.69 Å². The van der Waals surface area contributed by atoms with Crippen LogP contribution in [0.15, 0.2) is 65.3 Å². The Morgan fingerprint density at radius 2 is 2.03 bits per heavy atom. The van der Waals surface area contributed by atoms with Crippen molar-refractivity contribution in [2.45, 2.75) is 13.0 Å². The molecule has 0 radical (unpaired) electrons. The van der Waals surface area contributed by atoms with Gasteiger partial charge in [0.15, 0.2) is 0 Å². The molecule has 0 saturated heterocycles. The predicted octanol–water partition coefficient (Wildman–Crippen LogP) is 5.29. The van der Waals surface area contributed by atoms with Gasteiger partial charge < -0.3 is 9.87 Å². The molecule has 0 fully saturated rings. The first-order valence-corrected chi connectivity index (χ1v) is 10.6. The van der Waals surface area contributed by atoms with Crippen LogP contribution in [0.1, 0.15) is 28.9 Å². The lowest BCUT2D eigenvalue weighted by atomic mass is 10.1. The average molecular weight is 495 g/mol. The zero-order valence-electron chi connectivity index (χ0n) is 15.1. The Hall–Kier alpha value is -2.10. The van der Waals surface area contributed by atoms with Gasteiger partial charge in [0, 0.05) is 21.9 Å². The van der Waals surface area contributed by atoms with Crippen molar-refractivity contribution in [3.8, 4) is 11.3 Å². The van der Waals surface area contributed by atoms with Gasteiger partial charge in [0.2, 0.25) is 0 Å². The van der Waals surface area contributed by atoms with Gasteiger partial charge in [-0.3, -0.25) is 14.0 Å². The fraction of sp³-hybridized carbons (Fsp3) is 0.100.